The molecular weight excluding hydrogens is 359 g/mol. The van der Waals surface area contributed by atoms with Gasteiger partial charge >= 0.3 is 12.0 Å². The van der Waals surface area contributed by atoms with Crippen LogP contribution >= 0.6 is 11.3 Å². The highest BCUT2D eigenvalue weighted by Gasteiger charge is 2.15. The van der Waals surface area contributed by atoms with Gasteiger partial charge < -0.3 is 10.1 Å². The predicted octanol–water partition coefficient (Wildman–Crippen LogP) is 3.55. The first kappa shape index (κ1) is 17.6. The number of fused-ring (bicyclic) bond motifs is 1. The molecule has 3 rings (SSSR count). The van der Waals surface area contributed by atoms with Crippen molar-refractivity contribution < 1.29 is 23.5 Å². The van der Waals surface area contributed by atoms with Gasteiger partial charge in [0.2, 0.25) is 0 Å². The molecule has 6 nitrogen and oxygen atoms in total. The lowest BCUT2D eigenvalue weighted by atomic mass is 10.2. The summed E-state index contributed by atoms with van der Waals surface area (Å²) in [6.45, 7) is -0.607. The van der Waals surface area contributed by atoms with Crippen LogP contribution in [0.3, 0.4) is 0 Å². The molecule has 0 radical (unpaired) electrons. The Balaban J connectivity index is 1.51. The number of para-hydroxylation sites is 1. The maximum atomic E-state index is 13.2. The molecule has 8 heteroatoms. The number of urea groups is 1. The van der Waals surface area contributed by atoms with E-state index in [9.17, 15) is 18.8 Å². The van der Waals surface area contributed by atoms with Crippen molar-refractivity contribution >= 4 is 45.0 Å². The molecule has 26 heavy (non-hydrogen) atoms. The maximum absolute atomic E-state index is 13.2. The molecule has 0 bridgehead atoms. The van der Waals surface area contributed by atoms with E-state index in [-0.39, 0.29) is 4.88 Å². The van der Waals surface area contributed by atoms with E-state index in [1.54, 1.807) is 36.4 Å². The molecule has 0 saturated carbocycles. The number of benzene rings is 2. The number of carbonyl (C=O) groups is 3. The van der Waals surface area contributed by atoms with Crippen molar-refractivity contribution in [1.29, 1.82) is 0 Å². The highest BCUT2D eigenvalue weighted by Crippen LogP contribution is 2.26. The third-order valence-electron chi connectivity index (χ3n) is 3.30. The van der Waals surface area contributed by atoms with Crippen molar-refractivity contribution in [3.05, 3.63) is 65.3 Å². The summed E-state index contributed by atoms with van der Waals surface area (Å²) in [5.41, 5.74) is 0.521. The normalized spacial score (nSPS) is 10.3. The first-order valence-electron chi connectivity index (χ1n) is 7.53. The van der Waals surface area contributed by atoms with Gasteiger partial charge in [-0.1, -0.05) is 18.2 Å². The summed E-state index contributed by atoms with van der Waals surface area (Å²) >= 11 is 1.13. The van der Waals surface area contributed by atoms with Crippen LogP contribution in [-0.4, -0.2) is 24.5 Å². The van der Waals surface area contributed by atoms with E-state index < -0.39 is 30.3 Å². The minimum absolute atomic E-state index is 0.243. The molecule has 2 N–H and O–H groups in total. The fraction of sp³-hybridized carbons (Fsp3) is 0.0556. The lowest BCUT2D eigenvalue weighted by molar-refractivity contribution is -0.123. The smallest absolute Gasteiger partial charge is 0.348 e. The molecule has 0 aliphatic heterocycles. The van der Waals surface area contributed by atoms with Gasteiger partial charge in [-0.2, -0.15) is 0 Å². The maximum Gasteiger partial charge on any atom is 0.348 e. The van der Waals surface area contributed by atoms with Crippen molar-refractivity contribution in [3.63, 3.8) is 0 Å². The Labute approximate surface area is 151 Å². The van der Waals surface area contributed by atoms with Crippen molar-refractivity contribution in [1.82, 2.24) is 5.32 Å². The van der Waals surface area contributed by atoms with Crippen LogP contribution in [0.1, 0.15) is 9.67 Å². The Hall–Kier alpha value is -3.26. The predicted molar refractivity (Wildman–Crippen MR) is 95.7 cm³/mol. The van der Waals surface area contributed by atoms with Gasteiger partial charge in [0.1, 0.15) is 10.7 Å². The van der Waals surface area contributed by atoms with Gasteiger partial charge in [0, 0.05) is 10.4 Å². The topological polar surface area (TPSA) is 84.5 Å². The van der Waals surface area contributed by atoms with Crippen LogP contribution < -0.4 is 10.6 Å². The minimum Gasteiger partial charge on any atom is -0.451 e. The largest absolute Gasteiger partial charge is 0.451 e. The Bertz CT molecular complexity index is 972. The van der Waals surface area contributed by atoms with Crippen LogP contribution in [0.4, 0.5) is 14.9 Å². The van der Waals surface area contributed by atoms with Crippen LogP contribution in [0.5, 0.6) is 0 Å². The highest BCUT2D eigenvalue weighted by molar-refractivity contribution is 7.20. The highest BCUT2D eigenvalue weighted by atomic mass is 32.1. The zero-order chi connectivity index (χ0) is 18.5. The van der Waals surface area contributed by atoms with E-state index in [4.69, 9.17) is 4.74 Å². The van der Waals surface area contributed by atoms with E-state index in [1.807, 2.05) is 0 Å². The quantitative estimate of drug-likeness (QED) is 0.686. The lowest BCUT2D eigenvalue weighted by Gasteiger charge is -2.06. The molecule has 132 valence electrons. The van der Waals surface area contributed by atoms with E-state index in [2.05, 4.69) is 10.6 Å². The Morgan fingerprint density at radius 3 is 2.58 bits per heavy atom. The number of nitrogens with one attached hydrogen (secondary N) is 2. The fourth-order valence-electron chi connectivity index (χ4n) is 2.16. The summed E-state index contributed by atoms with van der Waals surface area (Å²) in [5.74, 6) is -1.89. The average molecular weight is 372 g/mol. The molecule has 0 unspecified atom stereocenters. The van der Waals surface area contributed by atoms with Gasteiger partial charge in [0.15, 0.2) is 6.61 Å². The van der Waals surface area contributed by atoms with Crippen molar-refractivity contribution in [2.24, 2.45) is 0 Å². The van der Waals surface area contributed by atoms with Gasteiger partial charge in [-0.25, -0.2) is 14.0 Å². The number of thiophene rings is 1. The molecule has 0 atom stereocenters. The summed E-state index contributed by atoms with van der Waals surface area (Å²) in [7, 11) is 0. The van der Waals surface area contributed by atoms with E-state index in [1.165, 1.54) is 18.2 Å². The molecule has 0 fully saturated rings. The van der Waals surface area contributed by atoms with Crippen LogP contribution in [0.15, 0.2) is 54.6 Å². The van der Waals surface area contributed by atoms with E-state index >= 15 is 0 Å². The number of hydrogen-bond acceptors (Lipinski definition) is 5. The Morgan fingerprint density at radius 1 is 1.04 bits per heavy atom. The summed E-state index contributed by atoms with van der Waals surface area (Å²) in [6.07, 6.45) is 0. The molecule has 1 aromatic heterocycles. The molecule has 0 spiro atoms. The van der Waals surface area contributed by atoms with E-state index in [0.717, 1.165) is 16.0 Å². The SMILES string of the molecule is O=C(COC(=O)c1cc2cc(F)ccc2s1)NC(=O)Nc1ccccc1. The van der Waals surface area contributed by atoms with Gasteiger partial charge in [-0.3, -0.25) is 10.1 Å². The zero-order valence-electron chi connectivity index (χ0n) is 13.3. The monoisotopic (exact) mass is 372 g/mol. The molecular formula is C18H13FN2O4S. The third-order valence-corrected chi connectivity index (χ3v) is 4.39. The number of hydrogen-bond donors (Lipinski definition) is 2. The summed E-state index contributed by atoms with van der Waals surface area (Å²) in [4.78, 5) is 35.6. The Morgan fingerprint density at radius 2 is 1.81 bits per heavy atom. The van der Waals surface area contributed by atoms with Crippen molar-refractivity contribution in [2.75, 3.05) is 11.9 Å². The number of rotatable bonds is 4. The fourth-order valence-corrected chi connectivity index (χ4v) is 3.10. The molecule has 0 aliphatic carbocycles. The van der Waals surface area contributed by atoms with Crippen molar-refractivity contribution in [2.45, 2.75) is 0 Å². The summed E-state index contributed by atoms with van der Waals surface area (Å²) < 4.78 is 18.8. The number of amides is 3. The van der Waals surface area contributed by atoms with E-state index in [0.29, 0.717) is 11.1 Å². The van der Waals surface area contributed by atoms with Gasteiger partial charge in [-0.15, -0.1) is 11.3 Å². The average Bonchev–Trinajstić information content (AvgIpc) is 3.03. The molecule has 3 amide bonds. The summed E-state index contributed by atoms with van der Waals surface area (Å²) in [6, 6.07) is 13.5. The van der Waals surface area contributed by atoms with Crippen LogP contribution in [0.25, 0.3) is 10.1 Å². The van der Waals surface area contributed by atoms with Gasteiger partial charge in [0.05, 0.1) is 0 Å². The minimum atomic E-state index is -0.765. The van der Waals surface area contributed by atoms with Gasteiger partial charge in [0.25, 0.3) is 5.91 Å². The standard InChI is InChI=1S/C18H13FN2O4S/c19-12-6-7-14-11(8-12)9-15(26-14)17(23)25-10-16(22)21-18(24)20-13-4-2-1-3-5-13/h1-9H,10H2,(H2,20,21,22,24). The van der Waals surface area contributed by atoms with Crippen LogP contribution in [-0.2, 0) is 9.53 Å². The first-order chi connectivity index (χ1) is 12.5. The Kier molecular flexibility index (Phi) is 5.23. The number of halogens is 1. The number of imide groups is 1. The molecule has 0 saturated heterocycles. The number of anilines is 1. The number of carbonyl (C=O) groups excluding carboxylic acids is 3. The third kappa shape index (κ3) is 4.42. The van der Waals surface area contributed by atoms with Crippen molar-refractivity contribution in [3.8, 4) is 0 Å². The second kappa shape index (κ2) is 7.75. The molecule has 0 aliphatic rings. The van der Waals surface area contributed by atoms with Crippen LogP contribution in [0, 0.1) is 5.82 Å². The zero-order valence-corrected chi connectivity index (χ0v) is 14.1. The number of ether oxygens (including phenoxy) is 1. The molecule has 1 heterocycles. The van der Waals surface area contributed by atoms with Crippen LogP contribution in [0.2, 0.25) is 0 Å². The first-order valence-corrected chi connectivity index (χ1v) is 8.35. The second-order valence-electron chi connectivity index (χ2n) is 5.24. The lowest BCUT2D eigenvalue weighted by Crippen LogP contribution is -2.37. The van der Waals surface area contributed by atoms with Gasteiger partial charge in [-0.05, 0) is 41.8 Å². The molecule has 2 aromatic carbocycles. The summed E-state index contributed by atoms with van der Waals surface area (Å²) in [5, 5.41) is 5.10. The number of esters is 1. The second-order valence-corrected chi connectivity index (χ2v) is 6.32. The molecule has 3 aromatic rings.